The van der Waals surface area contributed by atoms with Crippen molar-refractivity contribution in [1.29, 1.82) is 0 Å². The van der Waals surface area contributed by atoms with Crippen molar-refractivity contribution in [3.63, 3.8) is 0 Å². The smallest absolute Gasteiger partial charge is 0.138 e. The standard InChI is InChI=1S/C12H18NO/c1-2-3-4-5-6-10-14-12-8-7-9-13-11-12/h8-9,11H,2-6,10H2,1H3. The lowest BCUT2D eigenvalue weighted by molar-refractivity contribution is 0.303. The summed E-state index contributed by atoms with van der Waals surface area (Å²) in [5, 5.41) is 0. The average Bonchev–Trinajstić information content (AvgIpc) is 2.25. The van der Waals surface area contributed by atoms with E-state index in [4.69, 9.17) is 4.74 Å². The fraction of sp³-hybridized carbons (Fsp3) is 0.583. The van der Waals surface area contributed by atoms with Crippen LogP contribution >= 0.6 is 0 Å². The highest BCUT2D eigenvalue weighted by Gasteiger charge is 1.92. The third-order valence-corrected chi connectivity index (χ3v) is 2.09. The third-order valence-electron chi connectivity index (χ3n) is 2.09. The highest BCUT2D eigenvalue weighted by molar-refractivity contribution is 5.14. The normalized spacial score (nSPS) is 10.1. The molecule has 1 radical (unpaired) electrons. The Bertz CT molecular complexity index is 223. The van der Waals surface area contributed by atoms with Gasteiger partial charge in [-0.3, -0.25) is 4.98 Å². The number of hydrogen-bond acceptors (Lipinski definition) is 2. The predicted octanol–water partition coefficient (Wildman–Crippen LogP) is 3.23. The van der Waals surface area contributed by atoms with Crippen LogP contribution in [0.15, 0.2) is 18.5 Å². The van der Waals surface area contributed by atoms with Gasteiger partial charge in [0.1, 0.15) is 5.75 Å². The third kappa shape index (κ3) is 4.85. The number of nitrogens with zero attached hydrogens (tertiary/aromatic N) is 1. The first kappa shape index (κ1) is 11.0. The number of unbranched alkanes of at least 4 members (excludes halogenated alkanes) is 4. The molecule has 77 valence electrons. The molecule has 14 heavy (non-hydrogen) atoms. The van der Waals surface area contributed by atoms with Crippen molar-refractivity contribution in [3.05, 3.63) is 24.5 Å². The summed E-state index contributed by atoms with van der Waals surface area (Å²) in [6.45, 7) is 3.02. The molecular formula is C12H18NO. The maximum absolute atomic E-state index is 5.49. The number of hydrogen-bond donors (Lipinski definition) is 0. The molecule has 1 aromatic heterocycles. The molecule has 0 spiro atoms. The highest BCUT2D eigenvalue weighted by Crippen LogP contribution is 2.08. The van der Waals surface area contributed by atoms with E-state index < -0.39 is 0 Å². The largest absolute Gasteiger partial charge is 0.492 e. The van der Waals surface area contributed by atoms with Gasteiger partial charge in [0, 0.05) is 12.3 Å². The second-order valence-corrected chi connectivity index (χ2v) is 3.38. The molecule has 0 saturated heterocycles. The lowest BCUT2D eigenvalue weighted by Crippen LogP contribution is -1.97. The van der Waals surface area contributed by atoms with Crippen LogP contribution in [0.25, 0.3) is 0 Å². The molecule has 0 aliphatic rings. The monoisotopic (exact) mass is 192 g/mol. The van der Waals surface area contributed by atoms with Gasteiger partial charge in [0.25, 0.3) is 0 Å². The molecule has 0 fully saturated rings. The van der Waals surface area contributed by atoms with E-state index in [0.717, 1.165) is 18.8 Å². The van der Waals surface area contributed by atoms with E-state index in [1.165, 1.54) is 25.7 Å². The molecule has 2 nitrogen and oxygen atoms in total. The maximum Gasteiger partial charge on any atom is 0.138 e. The van der Waals surface area contributed by atoms with Crippen LogP contribution in [0.2, 0.25) is 0 Å². The first-order valence-corrected chi connectivity index (χ1v) is 5.37. The van der Waals surface area contributed by atoms with E-state index >= 15 is 0 Å². The summed E-state index contributed by atoms with van der Waals surface area (Å²) in [6.07, 6.45) is 9.70. The van der Waals surface area contributed by atoms with Crippen LogP contribution in [0.1, 0.15) is 39.0 Å². The van der Waals surface area contributed by atoms with Gasteiger partial charge >= 0.3 is 0 Å². The first-order chi connectivity index (χ1) is 6.93. The van der Waals surface area contributed by atoms with E-state index in [9.17, 15) is 0 Å². The minimum absolute atomic E-state index is 0.795. The van der Waals surface area contributed by atoms with Gasteiger partial charge in [0.2, 0.25) is 0 Å². The topological polar surface area (TPSA) is 22.1 Å². The summed E-state index contributed by atoms with van der Waals surface area (Å²) in [5.41, 5.74) is 0. The molecular weight excluding hydrogens is 174 g/mol. The van der Waals surface area contributed by atoms with Gasteiger partial charge in [-0.25, -0.2) is 0 Å². The zero-order chi connectivity index (χ0) is 10.1. The Morgan fingerprint density at radius 3 is 2.86 bits per heavy atom. The first-order valence-electron chi connectivity index (χ1n) is 5.37. The van der Waals surface area contributed by atoms with Crippen LogP contribution in [-0.2, 0) is 0 Å². The Hall–Kier alpha value is -1.05. The number of pyridine rings is 1. The number of aromatic nitrogens is 1. The molecule has 2 heteroatoms. The van der Waals surface area contributed by atoms with E-state index in [0.29, 0.717) is 0 Å². The highest BCUT2D eigenvalue weighted by atomic mass is 16.5. The lowest BCUT2D eigenvalue weighted by Gasteiger charge is -2.04. The summed E-state index contributed by atoms with van der Waals surface area (Å²) in [6, 6.07) is 4.70. The molecule has 0 atom stereocenters. The second-order valence-electron chi connectivity index (χ2n) is 3.38. The molecule has 0 amide bonds. The summed E-state index contributed by atoms with van der Waals surface area (Å²) in [4.78, 5) is 3.93. The van der Waals surface area contributed by atoms with Crippen LogP contribution in [0.5, 0.6) is 5.75 Å². The summed E-state index contributed by atoms with van der Waals surface area (Å²) in [7, 11) is 0. The van der Waals surface area contributed by atoms with Crippen molar-refractivity contribution < 1.29 is 4.74 Å². The van der Waals surface area contributed by atoms with Gasteiger partial charge in [-0.05, 0) is 12.5 Å². The molecule has 0 aromatic carbocycles. The Balaban J connectivity index is 1.99. The molecule has 0 bridgehead atoms. The fourth-order valence-corrected chi connectivity index (χ4v) is 1.29. The SMILES string of the molecule is CCCCCCCOc1c[c]cnc1. The molecule has 0 saturated carbocycles. The van der Waals surface area contributed by atoms with Gasteiger partial charge < -0.3 is 4.74 Å². The Morgan fingerprint density at radius 2 is 2.14 bits per heavy atom. The van der Waals surface area contributed by atoms with Gasteiger partial charge in [-0.2, -0.15) is 0 Å². The zero-order valence-corrected chi connectivity index (χ0v) is 8.83. The van der Waals surface area contributed by atoms with Crippen molar-refractivity contribution in [2.75, 3.05) is 6.61 Å². The van der Waals surface area contributed by atoms with Gasteiger partial charge in [-0.15, -0.1) is 0 Å². The molecule has 1 heterocycles. The van der Waals surface area contributed by atoms with E-state index in [1.54, 1.807) is 12.4 Å². The summed E-state index contributed by atoms with van der Waals surface area (Å²) in [5.74, 6) is 0.822. The Morgan fingerprint density at radius 1 is 1.29 bits per heavy atom. The molecule has 1 aromatic rings. The zero-order valence-electron chi connectivity index (χ0n) is 8.83. The predicted molar refractivity (Wildman–Crippen MR) is 57.3 cm³/mol. The van der Waals surface area contributed by atoms with Gasteiger partial charge in [0.05, 0.1) is 12.8 Å². The van der Waals surface area contributed by atoms with Crippen molar-refractivity contribution in [2.45, 2.75) is 39.0 Å². The van der Waals surface area contributed by atoms with Crippen LogP contribution in [0.3, 0.4) is 0 Å². The molecule has 0 aliphatic heterocycles. The van der Waals surface area contributed by atoms with Gasteiger partial charge in [0.15, 0.2) is 0 Å². The summed E-state index contributed by atoms with van der Waals surface area (Å²) >= 11 is 0. The quantitative estimate of drug-likeness (QED) is 0.619. The number of ether oxygens (including phenoxy) is 1. The van der Waals surface area contributed by atoms with Crippen molar-refractivity contribution in [3.8, 4) is 5.75 Å². The van der Waals surface area contributed by atoms with Gasteiger partial charge in [-0.1, -0.05) is 32.6 Å². The molecule has 0 N–H and O–H groups in total. The average molecular weight is 192 g/mol. The van der Waals surface area contributed by atoms with Crippen molar-refractivity contribution in [1.82, 2.24) is 4.98 Å². The van der Waals surface area contributed by atoms with Crippen LogP contribution in [0.4, 0.5) is 0 Å². The molecule has 0 aliphatic carbocycles. The minimum atomic E-state index is 0.795. The van der Waals surface area contributed by atoms with E-state index in [-0.39, 0.29) is 0 Å². The number of rotatable bonds is 7. The minimum Gasteiger partial charge on any atom is -0.492 e. The Labute approximate surface area is 86.3 Å². The van der Waals surface area contributed by atoms with Crippen LogP contribution < -0.4 is 4.74 Å². The maximum atomic E-state index is 5.49. The fourth-order valence-electron chi connectivity index (χ4n) is 1.29. The molecule has 1 rings (SSSR count). The van der Waals surface area contributed by atoms with E-state index in [1.807, 2.05) is 6.07 Å². The second kappa shape index (κ2) is 7.36. The van der Waals surface area contributed by atoms with E-state index in [2.05, 4.69) is 18.0 Å². The van der Waals surface area contributed by atoms with Crippen LogP contribution in [0, 0.1) is 6.07 Å². The van der Waals surface area contributed by atoms with Crippen molar-refractivity contribution in [2.24, 2.45) is 0 Å². The van der Waals surface area contributed by atoms with Crippen molar-refractivity contribution >= 4 is 0 Å². The molecule has 0 unspecified atom stereocenters. The lowest BCUT2D eigenvalue weighted by atomic mass is 10.2. The Kier molecular flexibility index (Phi) is 5.80. The van der Waals surface area contributed by atoms with Crippen LogP contribution in [-0.4, -0.2) is 11.6 Å². The summed E-state index contributed by atoms with van der Waals surface area (Å²) < 4.78 is 5.49.